The Balaban J connectivity index is 1.57. The van der Waals surface area contributed by atoms with Crippen molar-refractivity contribution in [3.63, 3.8) is 0 Å². The van der Waals surface area contributed by atoms with Crippen molar-refractivity contribution in [3.8, 4) is 5.75 Å². The standard InChI is InChI=1S/C20H23I2N3O/c1-14-3-4-16(15(2)9-14)13-24-5-7-25(8-6-24)23-12-17-10-18(21)11-19(22)20(17)26/h3-4,9-12,26H,5-8,13H2,1-2H3/b23-12+. The largest absolute Gasteiger partial charge is 0.506 e. The number of piperazine rings is 1. The summed E-state index contributed by atoms with van der Waals surface area (Å²) in [5.41, 5.74) is 4.87. The molecule has 0 atom stereocenters. The van der Waals surface area contributed by atoms with Crippen molar-refractivity contribution < 1.29 is 5.11 Å². The molecule has 138 valence electrons. The monoisotopic (exact) mass is 575 g/mol. The van der Waals surface area contributed by atoms with Crippen LogP contribution in [0.1, 0.15) is 22.3 Å². The molecule has 0 saturated carbocycles. The zero-order chi connectivity index (χ0) is 18.7. The molecule has 1 N–H and O–H groups in total. The van der Waals surface area contributed by atoms with E-state index in [0.29, 0.717) is 5.75 Å². The number of aryl methyl sites for hydroxylation is 2. The highest BCUT2D eigenvalue weighted by atomic mass is 127. The predicted octanol–water partition coefficient (Wildman–Crippen LogP) is 4.37. The van der Waals surface area contributed by atoms with E-state index in [9.17, 15) is 5.11 Å². The zero-order valence-corrected chi connectivity index (χ0v) is 19.4. The molecule has 0 spiro atoms. The number of phenols is 1. The summed E-state index contributed by atoms with van der Waals surface area (Å²) in [4.78, 5) is 2.48. The van der Waals surface area contributed by atoms with Crippen LogP contribution in [0.2, 0.25) is 0 Å². The molecule has 1 fully saturated rings. The molecule has 3 rings (SSSR count). The van der Waals surface area contributed by atoms with Crippen LogP contribution < -0.4 is 0 Å². The van der Waals surface area contributed by atoms with Crippen molar-refractivity contribution in [2.45, 2.75) is 20.4 Å². The lowest BCUT2D eigenvalue weighted by Crippen LogP contribution is -2.43. The minimum absolute atomic E-state index is 0.309. The smallest absolute Gasteiger partial charge is 0.137 e. The van der Waals surface area contributed by atoms with Gasteiger partial charge in [-0.25, -0.2) is 0 Å². The van der Waals surface area contributed by atoms with Gasteiger partial charge >= 0.3 is 0 Å². The lowest BCUT2D eigenvalue weighted by molar-refractivity contribution is 0.131. The minimum atomic E-state index is 0.309. The average Bonchev–Trinajstić information content (AvgIpc) is 2.60. The van der Waals surface area contributed by atoms with E-state index in [0.717, 1.165) is 45.4 Å². The lowest BCUT2D eigenvalue weighted by atomic mass is 10.1. The number of benzene rings is 2. The second-order valence-corrected chi connectivity index (χ2v) is 9.14. The molecule has 0 aliphatic carbocycles. The van der Waals surface area contributed by atoms with Gasteiger partial charge in [0.25, 0.3) is 0 Å². The van der Waals surface area contributed by atoms with E-state index in [1.165, 1.54) is 16.7 Å². The fourth-order valence-corrected chi connectivity index (χ4v) is 4.99. The summed E-state index contributed by atoms with van der Waals surface area (Å²) < 4.78 is 1.96. The number of nitrogens with zero attached hydrogens (tertiary/aromatic N) is 3. The lowest BCUT2D eigenvalue weighted by Gasteiger charge is -2.33. The van der Waals surface area contributed by atoms with E-state index < -0.39 is 0 Å². The summed E-state index contributed by atoms with van der Waals surface area (Å²) in [7, 11) is 0. The molecule has 0 aromatic heterocycles. The first-order valence-electron chi connectivity index (χ1n) is 8.68. The first-order valence-corrected chi connectivity index (χ1v) is 10.8. The molecule has 1 saturated heterocycles. The molecule has 0 bridgehead atoms. The summed E-state index contributed by atoms with van der Waals surface area (Å²) in [5, 5.41) is 16.8. The maximum Gasteiger partial charge on any atom is 0.137 e. The topological polar surface area (TPSA) is 39.1 Å². The Morgan fingerprint density at radius 2 is 1.81 bits per heavy atom. The van der Waals surface area contributed by atoms with Crippen LogP contribution >= 0.6 is 45.2 Å². The van der Waals surface area contributed by atoms with Crippen LogP contribution in [0, 0.1) is 21.0 Å². The van der Waals surface area contributed by atoms with Gasteiger partial charge in [-0.1, -0.05) is 23.8 Å². The summed E-state index contributed by atoms with van der Waals surface area (Å²) in [6.45, 7) is 9.14. The zero-order valence-electron chi connectivity index (χ0n) is 15.0. The summed E-state index contributed by atoms with van der Waals surface area (Å²) >= 11 is 4.41. The van der Waals surface area contributed by atoms with Crippen molar-refractivity contribution in [2.75, 3.05) is 26.2 Å². The Bertz CT molecular complexity index is 815. The molecule has 4 nitrogen and oxygen atoms in total. The fraction of sp³-hybridized carbons (Fsp3) is 0.350. The Labute approximate surface area is 182 Å². The molecule has 1 heterocycles. The number of hydrazone groups is 1. The van der Waals surface area contributed by atoms with Gasteiger partial charge in [-0.2, -0.15) is 5.10 Å². The first-order chi connectivity index (χ1) is 12.4. The predicted molar refractivity (Wildman–Crippen MR) is 124 cm³/mol. The van der Waals surface area contributed by atoms with Crippen LogP contribution in [0.3, 0.4) is 0 Å². The van der Waals surface area contributed by atoms with Crippen molar-refractivity contribution in [3.05, 3.63) is 59.7 Å². The summed E-state index contributed by atoms with van der Waals surface area (Å²) in [5.74, 6) is 0.309. The number of hydrogen-bond donors (Lipinski definition) is 1. The van der Waals surface area contributed by atoms with Crippen LogP contribution in [0.25, 0.3) is 0 Å². The highest BCUT2D eigenvalue weighted by Gasteiger charge is 2.16. The third-order valence-electron chi connectivity index (χ3n) is 4.66. The Hall–Kier alpha value is -0.870. The van der Waals surface area contributed by atoms with Crippen molar-refractivity contribution in [2.24, 2.45) is 5.10 Å². The third-order valence-corrected chi connectivity index (χ3v) is 6.10. The molecule has 1 aliphatic heterocycles. The van der Waals surface area contributed by atoms with E-state index >= 15 is 0 Å². The van der Waals surface area contributed by atoms with Gasteiger partial charge in [0.2, 0.25) is 0 Å². The molecule has 2 aromatic rings. The molecule has 2 aromatic carbocycles. The summed E-state index contributed by atoms with van der Waals surface area (Å²) in [6, 6.07) is 10.6. The highest BCUT2D eigenvalue weighted by Crippen LogP contribution is 2.25. The first kappa shape index (κ1) is 19.9. The maximum absolute atomic E-state index is 10.2. The van der Waals surface area contributed by atoms with Crippen LogP contribution in [-0.2, 0) is 6.54 Å². The maximum atomic E-state index is 10.2. The Morgan fingerprint density at radius 3 is 2.50 bits per heavy atom. The van der Waals surface area contributed by atoms with E-state index in [1.807, 2.05) is 12.1 Å². The molecule has 1 aliphatic rings. The number of rotatable bonds is 4. The average molecular weight is 575 g/mol. The second kappa shape index (κ2) is 8.88. The van der Waals surface area contributed by atoms with Crippen LogP contribution in [0.4, 0.5) is 0 Å². The molecular weight excluding hydrogens is 552 g/mol. The number of halogens is 2. The van der Waals surface area contributed by atoms with Gasteiger partial charge in [-0.15, -0.1) is 0 Å². The normalized spacial score (nSPS) is 15.8. The third kappa shape index (κ3) is 5.10. The van der Waals surface area contributed by atoms with Gasteiger partial charge in [0.15, 0.2) is 0 Å². The molecular formula is C20H23I2N3O. The second-order valence-electron chi connectivity index (χ2n) is 6.73. The molecule has 0 amide bonds. The van der Waals surface area contributed by atoms with Gasteiger partial charge in [-0.3, -0.25) is 9.91 Å². The Morgan fingerprint density at radius 1 is 1.08 bits per heavy atom. The van der Waals surface area contributed by atoms with Gasteiger partial charge in [0.1, 0.15) is 5.75 Å². The van der Waals surface area contributed by atoms with Crippen molar-refractivity contribution >= 4 is 51.4 Å². The van der Waals surface area contributed by atoms with E-state index in [2.05, 4.69) is 92.2 Å². The van der Waals surface area contributed by atoms with Gasteiger partial charge in [0, 0.05) is 41.9 Å². The van der Waals surface area contributed by atoms with Crippen molar-refractivity contribution in [1.82, 2.24) is 9.91 Å². The number of aromatic hydroxyl groups is 1. The van der Waals surface area contributed by atoms with Gasteiger partial charge < -0.3 is 5.11 Å². The number of hydrogen-bond acceptors (Lipinski definition) is 4. The van der Waals surface area contributed by atoms with E-state index in [4.69, 9.17) is 0 Å². The van der Waals surface area contributed by atoms with Gasteiger partial charge in [0.05, 0.1) is 9.78 Å². The van der Waals surface area contributed by atoms with Crippen LogP contribution in [0.15, 0.2) is 35.4 Å². The van der Waals surface area contributed by atoms with Gasteiger partial charge in [-0.05, 0) is 82.3 Å². The molecule has 0 unspecified atom stereocenters. The molecule has 6 heteroatoms. The molecule has 26 heavy (non-hydrogen) atoms. The SMILES string of the molecule is Cc1ccc(CN2CCN(/N=C/c3cc(I)cc(I)c3O)CC2)c(C)c1. The highest BCUT2D eigenvalue weighted by molar-refractivity contribution is 14.1. The molecule has 0 radical (unpaired) electrons. The number of phenolic OH excluding ortho intramolecular Hbond substituents is 1. The van der Waals surface area contributed by atoms with Crippen molar-refractivity contribution in [1.29, 1.82) is 0 Å². The minimum Gasteiger partial charge on any atom is -0.506 e. The quantitative estimate of drug-likeness (QED) is 0.435. The van der Waals surface area contributed by atoms with E-state index in [-0.39, 0.29) is 0 Å². The van der Waals surface area contributed by atoms with Crippen LogP contribution in [-0.4, -0.2) is 47.4 Å². The summed E-state index contributed by atoms with van der Waals surface area (Å²) in [6.07, 6.45) is 1.78. The van der Waals surface area contributed by atoms with Crippen LogP contribution in [0.5, 0.6) is 5.75 Å². The van der Waals surface area contributed by atoms with E-state index in [1.54, 1.807) is 6.21 Å². The fourth-order valence-electron chi connectivity index (χ4n) is 3.10. The Kier molecular flexibility index (Phi) is 6.79.